The molecule has 0 atom stereocenters. The van der Waals surface area contributed by atoms with Crippen molar-refractivity contribution >= 4 is 23.3 Å². The smallest absolute Gasteiger partial charge is 0.417 e. The zero-order valence-corrected chi connectivity index (χ0v) is 17.0. The van der Waals surface area contributed by atoms with Crippen molar-refractivity contribution in [2.45, 2.75) is 12.7 Å². The highest BCUT2D eigenvalue weighted by atomic mass is 19.4. The van der Waals surface area contributed by atoms with Gasteiger partial charge in [0.2, 0.25) is 0 Å². The summed E-state index contributed by atoms with van der Waals surface area (Å²) < 4.78 is 43.7. The first-order valence-corrected chi connectivity index (χ1v) is 9.57. The molecule has 0 aliphatic rings. The van der Waals surface area contributed by atoms with Gasteiger partial charge in [-0.3, -0.25) is 19.2 Å². The van der Waals surface area contributed by atoms with Crippen LogP contribution in [0.25, 0.3) is 0 Å². The lowest BCUT2D eigenvalue weighted by molar-refractivity contribution is -0.148. The topological polar surface area (TPSA) is 94.5 Å². The van der Waals surface area contributed by atoms with Gasteiger partial charge in [-0.2, -0.15) is 13.2 Å². The number of nitrogens with one attached hydrogen (secondary N) is 1. The molecule has 0 unspecified atom stereocenters. The van der Waals surface area contributed by atoms with E-state index in [0.717, 1.165) is 0 Å². The van der Waals surface area contributed by atoms with Crippen LogP contribution in [0.2, 0.25) is 0 Å². The first-order valence-electron chi connectivity index (χ1n) is 9.57. The van der Waals surface area contributed by atoms with Crippen molar-refractivity contribution in [1.82, 2.24) is 4.57 Å². The molecule has 0 aliphatic carbocycles. The third-order valence-corrected chi connectivity index (χ3v) is 4.46. The van der Waals surface area contributed by atoms with Crippen LogP contribution >= 0.6 is 0 Å². The van der Waals surface area contributed by atoms with E-state index in [1.807, 2.05) is 0 Å². The van der Waals surface area contributed by atoms with Gasteiger partial charge < -0.3 is 14.6 Å². The van der Waals surface area contributed by atoms with Crippen molar-refractivity contribution in [3.05, 3.63) is 100.0 Å². The van der Waals surface area contributed by atoms with Crippen LogP contribution in [-0.2, 0) is 27.0 Å². The van der Waals surface area contributed by atoms with Crippen LogP contribution in [0.1, 0.15) is 21.5 Å². The molecule has 1 aromatic heterocycles. The predicted octanol–water partition coefficient (Wildman–Crippen LogP) is 3.28. The van der Waals surface area contributed by atoms with E-state index in [1.165, 1.54) is 12.1 Å². The molecule has 1 amide bonds. The van der Waals surface area contributed by atoms with Gasteiger partial charge in [0.05, 0.1) is 11.3 Å². The van der Waals surface area contributed by atoms with Gasteiger partial charge in [-0.05, 0) is 18.2 Å². The fraction of sp³-hybridized carbons (Fsp3) is 0.130. The van der Waals surface area contributed by atoms with E-state index in [-0.39, 0.29) is 17.0 Å². The highest BCUT2D eigenvalue weighted by Gasteiger charge is 2.31. The number of anilines is 1. The number of carbonyl (C=O) groups is 3. The molecule has 3 aromatic rings. The molecule has 33 heavy (non-hydrogen) atoms. The number of pyridine rings is 1. The number of hydrogen-bond acceptors (Lipinski definition) is 5. The van der Waals surface area contributed by atoms with Gasteiger partial charge in [-0.15, -0.1) is 0 Å². The maximum atomic E-state index is 12.8. The number of esters is 1. The number of amides is 1. The standard InChI is InChI=1S/C23H17F3N2O5/c24-23(25,26)16-10-11-20(30)28(12-16)13-21(31)33-14-19(29)27-18-9-5-4-8-17(18)22(32)15-6-2-1-3-7-15/h1-12H,13-14H2,(H,27,29). The van der Waals surface area contributed by atoms with E-state index in [1.54, 1.807) is 42.5 Å². The van der Waals surface area contributed by atoms with Crippen LogP contribution in [0, 0.1) is 0 Å². The summed E-state index contributed by atoms with van der Waals surface area (Å²) in [4.78, 5) is 48.6. The second-order valence-corrected chi connectivity index (χ2v) is 6.83. The average molecular weight is 458 g/mol. The molecule has 10 heteroatoms. The normalized spacial score (nSPS) is 11.0. The van der Waals surface area contributed by atoms with Gasteiger partial charge in [-0.25, -0.2) is 0 Å². The lowest BCUT2D eigenvalue weighted by Crippen LogP contribution is -2.28. The van der Waals surface area contributed by atoms with Crippen LogP contribution in [0.5, 0.6) is 0 Å². The third-order valence-electron chi connectivity index (χ3n) is 4.46. The minimum Gasteiger partial charge on any atom is -0.454 e. The zero-order chi connectivity index (χ0) is 24.0. The molecule has 0 saturated carbocycles. The van der Waals surface area contributed by atoms with Gasteiger partial charge in [-0.1, -0.05) is 42.5 Å². The Balaban J connectivity index is 1.62. The molecule has 7 nitrogen and oxygen atoms in total. The average Bonchev–Trinajstić information content (AvgIpc) is 2.79. The van der Waals surface area contributed by atoms with Gasteiger partial charge >= 0.3 is 12.1 Å². The fourth-order valence-electron chi connectivity index (χ4n) is 2.87. The van der Waals surface area contributed by atoms with E-state index >= 15 is 0 Å². The van der Waals surface area contributed by atoms with Crippen molar-refractivity contribution in [1.29, 1.82) is 0 Å². The third kappa shape index (κ3) is 6.16. The predicted molar refractivity (Wildman–Crippen MR) is 112 cm³/mol. The molecule has 1 N–H and O–H groups in total. The van der Waals surface area contributed by atoms with E-state index in [9.17, 15) is 32.3 Å². The number of rotatable bonds is 7. The Labute approximate surface area is 185 Å². The molecule has 1 heterocycles. The van der Waals surface area contributed by atoms with Crippen molar-refractivity contribution in [3.63, 3.8) is 0 Å². The van der Waals surface area contributed by atoms with Crippen LogP contribution < -0.4 is 10.9 Å². The Morgan fingerprint density at radius 1 is 0.909 bits per heavy atom. The Kier molecular flexibility index (Phi) is 7.07. The molecule has 0 radical (unpaired) electrons. The summed E-state index contributed by atoms with van der Waals surface area (Å²) in [7, 11) is 0. The Morgan fingerprint density at radius 3 is 2.27 bits per heavy atom. The highest BCUT2D eigenvalue weighted by Crippen LogP contribution is 2.28. The van der Waals surface area contributed by atoms with Crippen molar-refractivity contribution < 1.29 is 32.3 Å². The van der Waals surface area contributed by atoms with Gasteiger partial charge in [0.25, 0.3) is 11.5 Å². The number of ether oxygens (including phenoxy) is 1. The lowest BCUT2D eigenvalue weighted by atomic mass is 10.0. The minimum absolute atomic E-state index is 0.196. The highest BCUT2D eigenvalue weighted by molar-refractivity contribution is 6.13. The van der Waals surface area contributed by atoms with Crippen molar-refractivity contribution in [3.8, 4) is 0 Å². The Hall–Kier alpha value is -4.21. The number of nitrogens with zero attached hydrogens (tertiary/aromatic N) is 1. The molecule has 3 rings (SSSR count). The quantitative estimate of drug-likeness (QED) is 0.433. The Bertz CT molecular complexity index is 1240. The summed E-state index contributed by atoms with van der Waals surface area (Å²) >= 11 is 0. The zero-order valence-electron chi connectivity index (χ0n) is 17.0. The number of aromatic nitrogens is 1. The number of ketones is 1. The molecule has 0 spiro atoms. The Morgan fingerprint density at radius 2 is 1.58 bits per heavy atom. The lowest BCUT2D eigenvalue weighted by Gasteiger charge is -2.12. The molecule has 0 aliphatic heterocycles. The minimum atomic E-state index is -4.69. The van der Waals surface area contributed by atoms with E-state index in [0.29, 0.717) is 28.5 Å². The van der Waals surface area contributed by atoms with Crippen LogP contribution in [0.4, 0.5) is 18.9 Å². The second-order valence-electron chi connectivity index (χ2n) is 6.83. The van der Waals surface area contributed by atoms with Crippen molar-refractivity contribution in [2.24, 2.45) is 0 Å². The monoisotopic (exact) mass is 458 g/mol. The molecular weight excluding hydrogens is 441 g/mol. The van der Waals surface area contributed by atoms with E-state index in [4.69, 9.17) is 4.74 Å². The van der Waals surface area contributed by atoms with Crippen LogP contribution in [-0.4, -0.2) is 28.8 Å². The van der Waals surface area contributed by atoms with Crippen LogP contribution in [0.15, 0.2) is 77.7 Å². The first-order chi connectivity index (χ1) is 15.6. The van der Waals surface area contributed by atoms with Gasteiger partial charge in [0, 0.05) is 23.4 Å². The molecule has 170 valence electrons. The fourth-order valence-corrected chi connectivity index (χ4v) is 2.87. The molecular formula is C23H17F3N2O5. The SMILES string of the molecule is O=C(COC(=O)Cn1cc(C(F)(F)F)ccc1=O)Nc1ccccc1C(=O)c1ccccc1. The summed E-state index contributed by atoms with van der Waals surface area (Å²) in [6.07, 6.45) is -4.20. The summed E-state index contributed by atoms with van der Waals surface area (Å²) in [5, 5.41) is 2.47. The number of para-hydroxylation sites is 1. The van der Waals surface area contributed by atoms with Crippen LogP contribution in [0.3, 0.4) is 0 Å². The summed E-state index contributed by atoms with van der Waals surface area (Å²) in [6.45, 7) is -1.57. The molecule has 0 bridgehead atoms. The number of halogens is 3. The maximum absolute atomic E-state index is 12.8. The number of alkyl halides is 3. The van der Waals surface area contributed by atoms with Crippen molar-refractivity contribution in [2.75, 3.05) is 11.9 Å². The molecule has 2 aromatic carbocycles. The largest absolute Gasteiger partial charge is 0.454 e. The molecule has 0 fully saturated rings. The number of hydrogen-bond donors (Lipinski definition) is 1. The first kappa shape index (κ1) is 23.5. The summed E-state index contributed by atoms with van der Waals surface area (Å²) in [6, 6.07) is 15.9. The van der Waals surface area contributed by atoms with Gasteiger partial charge in [0.1, 0.15) is 6.54 Å². The van der Waals surface area contributed by atoms with E-state index < -0.39 is 42.3 Å². The number of benzene rings is 2. The van der Waals surface area contributed by atoms with Gasteiger partial charge in [0.15, 0.2) is 12.4 Å². The van der Waals surface area contributed by atoms with E-state index in [2.05, 4.69) is 5.32 Å². The number of carbonyl (C=O) groups excluding carboxylic acids is 3. The maximum Gasteiger partial charge on any atom is 0.417 e. The summed E-state index contributed by atoms with van der Waals surface area (Å²) in [5.74, 6) is -2.18. The summed E-state index contributed by atoms with van der Waals surface area (Å²) in [5.41, 5.74) is -1.11. The molecule has 0 saturated heterocycles. The second kappa shape index (κ2) is 9.94.